The Morgan fingerprint density at radius 1 is 1.19 bits per heavy atom. The summed E-state index contributed by atoms with van der Waals surface area (Å²) in [5.74, 6) is -0.00754. The summed E-state index contributed by atoms with van der Waals surface area (Å²) in [5.41, 5.74) is 3.38. The van der Waals surface area contributed by atoms with Crippen molar-refractivity contribution in [2.45, 2.75) is 30.8 Å². The van der Waals surface area contributed by atoms with Gasteiger partial charge in [0.05, 0.1) is 15.5 Å². The SMILES string of the molecule is Cc1ccc(CNC(=O)C(C)Sc2nnc3sc4ccccc4n23)cc1. The Bertz CT molecular complexity index is 1070. The van der Waals surface area contributed by atoms with E-state index < -0.39 is 0 Å². The molecule has 0 fully saturated rings. The number of hydrogen-bond donors (Lipinski definition) is 1. The van der Waals surface area contributed by atoms with Crippen LogP contribution in [0.25, 0.3) is 15.2 Å². The molecule has 4 aromatic rings. The Kier molecular flexibility index (Phi) is 4.65. The summed E-state index contributed by atoms with van der Waals surface area (Å²) in [4.78, 5) is 13.3. The maximum Gasteiger partial charge on any atom is 0.233 e. The summed E-state index contributed by atoms with van der Waals surface area (Å²) in [6, 6.07) is 16.3. The van der Waals surface area contributed by atoms with E-state index in [1.807, 2.05) is 53.8 Å². The molecule has 132 valence electrons. The number of hydrogen-bond acceptors (Lipinski definition) is 5. The number of amides is 1. The number of aryl methyl sites for hydroxylation is 1. The van der Waals surface area contributed by atoms with Crippen molar-refractivity contribution in [3.8, 4) is 0 Å². The molecule has 1 amide bonds. The summed E-state index contributed by atoms with van der Waals surface area (Å²) >= 11 is 3.03. The Morgan fingerprint density at radius 2 is 1.96 bits per heavy atom. The zero-order chi connectivity index (χ0) is 18.1. The highest BCUT2D eigenvalue weighted by Crippen LogP contribution is 2.31. The predicted octanol–water partition coefficient (Wildman–Crippen LogP) is 4.05. The maximum absolute atomic E-state index is 12.5. The summed E-state index contributed by atoms with van der Waals surface area (Å²) in [6.45, 7) is 4.47. The molecule has 1 N–H and O–H groups in total. The van der Waals surface area contributed by atoms with Gasteiger partial charge in [0.15, 0.2) is 5.16 Å². The van der Waals surface area contributed by atoms with Crippen molar-refractivity contribution in [3.05, 3.63) is 59.7 Å². The van der Waals surface area contributed by atoms with Crippen LogP contribution in [0.15, 0.2) is 53.7 Å². The summed E-state index contributed by atoms with van der Waals surface area (Å²) in [7, 11) is 0. The molecule has 0 saturated heterocycles. The molecule has 7 heteroatoms. The number of benzene rings is 2. The van der Waals surface area contributed by atoms with Crippen molar-refractivity contribution < 1.29 is 4.79 Å². The maximum atomic E-state index is 12.5. The van der Waals surface area contributed by atoms with Crippen LogP contribution in [-0.2, 0) is 11.3 Å². The van der Waals surface area contributed by atoms with E-state index in [2.05, 4.69) is 28.5 Å². The van der Waals surface area contributed by atoms with Crippen LogP contribution in [0.2, 0.25) is 0 Å². The average Bonchev–Trinajstić information content (AvgIpc) is 3.20. The standard InChI is InChI=1S/C19H18N4OS2/c1-12-7-9-14(10-8-12)11-20-17(24)13(2)25-18-21-22-19-23(18)15-5-3-4-6-16(15)26-19/h3-10,13H,11H2,1-2H3,(H,20,24). The minimum absolute atomic E-state index is 0.00754. The Balaban J connectivity index is 1.47. The van der Waals surface area contributed by atoms with Gasteiger partial charge in [-0.2, -0.15) is 0 Å². The smallest absolute Gasteiger partial charge is 0.233 e. The molecular formula is C19H18N4OS2. The van der Waals surface area contributed by atoms with Gasteiger partial charge in [-0.25, -0.2) is 0 Å². The fourth-order valence-corrected chi connectivity index (χ4v) is 4.59. The molecule has 0 aliphatic heterocycles. The van der Waals surface area contributed by atoms with Gasteiger partial charge in [-0.3, -0.25) is 9.20 Å². The third kappa shape index (κ3) is 3.32. The molecule has 0 bridgehead atoms. The molecule has 1 unspecified atom stereocenters. The Hall–Kier alpha value is -2.38. The van der Waals surface area contributed by atoms with Gasteiger partial charge in [-0.15, -0.1) is 10.2 Å². The monoisotopic (exact) mass is 382 g/mol. The fraction of sp³-hybridized carbons (Fsp3) is 0.211. The summed E-state index contributed by atoms with van der Waals surface area (Å²) < 4.78 is 3.18. The highest BCUT2D eigenvalue weighted by atomic mass is 32.2. The number of rotatable bonds is 5. The van der Waals surface area contributed by atoms with E-state index in [0.29, 0.717) is 6.54 Å². The van der Waals surface area contributed by atoms with Crippen molar-refractivity contribution in [2.24, 2.45) is 0 Å². The molecule has 0 spiro atoms. The third-order valence-electron chi connectivity index (χ3n) is 4.15. The van der Waals surface area contributed by atoms with Gasteiger partial charge in [-0.1, -0.05) is 65.1 Å². The van der Waals surface area contributed by atoms with Gasteiger partial charge in [0.25, 0.3) is 0 Å². The lowest BCUT2D eigenvalue weighted by Crippen LogP contribution is -2.30. The van der Waals surface area contributed by atoms with Crippen LogP contribution in [0.5, 0.6) is 0 Å². The van der Waals surface area contributed by atoms with Crippen molar-refractivity contribution in [1.82, 2.24) is 19.9 Å². The van der Waals surface area contributed by atoms with Gasteiger partial charge in [-0.05, 0) is 31.5 Å². The third-order valence-corrected chi connectivity index (χ3v) is 6.20. The van der Waals surface area contributed by atoms with E-state index in [4.69, 9.17) is 0 Å². The first-order valence-electron chi connectivity index (χ1n) is 8.34. The molecule has 4 rings (SSSR count). The number of nitrogens with zero attached hydrogens (tertiary/aromatic N) is 3. The number of carbonyl (C=O) groups is 1. The second kappa shape index (κ2) is 7.09. The van der Waals surface area contributed by atoms with Crippen molar-refractivity contribution in [3.63, 3.8) is 0 Å². The van der Waals surface area contributed by atoms with Crippen LogP contribution < -0.4 is 5.32 Å². The van der Waals surface area contributed by atoms with Crippen molar-refractivity contribution in [2.75, 3.05) is 0 Å². The van der Waals surface area contributed by atoms with Crippen LogP contribution in [0.3, 0.4) is 0 Å². The number of thiazole rings is 1. The summed E-state index contributed by atoms with van der Waals surface area (Å²) in [6.07, 6.45) is 0. The molecule has 5 nitrogen and oxygen atoms in total. The zero-order valence-electron chi connectivity index (χ0n) is 14.5. The van der Waals surface area contributed by atoms with Gasteiger partial charge in [0.1, 0.15) is 0 Å². The first kappa shape index (κ1) is 17.1. The molecular weight excluding hydrogens is 364 g/mol. The van der Waals surface area contributed by atoms with E-state index in [1.165, 1.54) is 17.3 Å². The molecule has 1 atom stereocenters. The first-order valence-corrected chi connectivity index (χ1v) is 10.0. The molecule has 0 aliphatic carbocycles. The minimum Gasteiger partial charge on any atom is -0.351 e. The second-order valence-electron chi connectivity index (χ2n) is 6.13. The fourth-order valence-electron chi connectivity index (χ4n) is 2.68. The normalized spacial score (nSPS) is 12.5. The Labute approximate surface area is 159 Å². The highest BCUT2D eigenvalue weighted by Gasteiger charge is 2.19. The molecule has 0 radical (unpaired) electrons. The van der Waals surface area contributed by atoms with Crippen LogP contribution >= 0.6 is 23.1 Å². The largest absolute Gasteiger partial charge is 0.351 e. The number of aromatic nitrogens is 3. The molecule has 2 heterocycles. The van der Waals surface area contributed by atoms with Crippen LogP contribution in [-0.4, -0.2) is 25.8 Å². The average molecular weight is 383 g/mol. The topological polar surface area (TPSA) is 59.3 Å². The second-order valence-corrected chi connectivity index (χ2v) is 8.45. The van der Waals surface area contributed by atoms with Gasteiger partial charge >= 0.3 is 0 Å². The molecule has 2 aromatic carbocycles. The van der Waals surface area contributed by atoms with Crippen LogP contribution in [0.1, 0.15) is 18.1 Å². The Morgan fingerprint density at radius 3 is 2.77 bits per heavy atom. The zero-order valence-corrected chi connectivity index (χ0v) is 16.1. The first-order chi connectivity index (χ1) is 12.6. The number of thioether (sulfide) groups is 1. The van der Waals surface area contributed by atoms with Crippen molar-refractivity contribution >= 4 is 44.2 Å². The van der Waals surface area contributed by atoms with Gasteiger partial charge < -0.3 is 5.32 Å². The number of carbonyl (C=O) groups excluding carboxylic acids is 1. The number of fused-ring (bicyclic) bond motifs is 3. The molecule has 0 saturated carbocycles. The predicted molar refractivity (Wildman–Crippen MR) is 107 cm³/mol. The number of para-hydroxylation sites is 1. The lowest BCUT2D eigenvalue weighted by molar-refractivity contribution is -0.120. The van der Waals surface area contributed by atoms with Crippen LogP contribution in [0.4, 0.5) is 0 Å². The molecule has 26 heavy (non-hydrogen) atoms. The highest BCUT2D eigenvalue weighted by molar-refractivity contribution is 8.00. The summed E-state index contributed by atoms with van der Waals surface area (Å²) in [5, 5.41) is 12.0. The van der Waals surface area contributed by atoms with E-state index >= 15 is 0 Å². The molecule has 0 aliphatic rings. The lowest BCUT2D eigenvalue weighted by Gasteiger charge is -2.11. The van der Waals surface area contributed by atoms with E-state index in [1.54, 1.807) is 11.3 Å². The lowest BCUT2D eigenvalue weighted by atomic mass is 10.1. The quantitative estimate of drug-likeness (QED) is 0.529. The van der Waals surface area contributed by atoms with Crippen molar-refractivity contribution in [1.29, 1.82) is 0 Å². The van der Waals surface area contributed by atoms with Gasteiger partial charge in [0.2, 0.25) is 10.9 Å². The number of nitrogens with one attached hydrogen (secondary N) is 1. The van der Waals surface area contributed by atoms with E-state index in [9.17, 15) is 4.79 Å². The van der Waals surface area contributed by atoms with E-state index in [-0.39, 0.29) is 11.2 Å². The van der Waals surface area contributed by atoms with E-state index in [0.717, 1.165) is 25.9 Å². The minimum atomic E-state index is -0.258. The van der Waals surface area contributed by atoms with Crippen LogP contribution in [0, 0.1) is 6.92 Å². The molecule has 2 aromatic heterocycles. The van der Waals surface area contributed by atoms with Gasteiger partial charge in [0, 0.05) is 6.54 Å².